The average Bonchev–Trinajstić information content (AvgIpc) is 3.30. The van der Waals surface area contributed by atoms with Crippen LogP contribution >= 0.6 is 0 Å². The van der Waals surface area contributed by atoms with E-state index in [0.717, 1.165) is 16.7 Å². The molecule has 2 aromatic heterocycles. The van der Waals surface area contributed by atoms with Crippen molar-refractivity contribution in [2.24, 2.45) is 7.05 Å². The van der Waals surface area contributed by atoms with Gasteiger partial charge in [-0.3, -0.25) is 18.5 Å². The van der Waals surface area contributed by atoms with E-state index in [1.54, 1.807) is 25.1 Å². The van der Waals surface area contributed by atoms with Gasteiger partial charge in [-0.1, -0.05) is 6.07 Å². The number of nitrogens with zero attached hydrogens (tertiary/aromatic N) is 5. The maximum Gasteiger partial charge on any atom is 0.573 e. The molecule has 4 rings (SSSR count). The summed E-state index contributed by atoms with van der Waals surface area (Å²) in [6.45, 7) is 1.57. The molecule has 0 aliphatic carbocycles. The van der Waals surface area contributed by atoms with Gasteiger partial charge in [0, 0.05) is 39.5 Å². The van der Waals surface area contributed by atoms with Crippen LogP contribution in [0.25, 0.3) is 11.2 Å². The molecule has 1 aromatic carbocycles. The van der Waals surface area contributed by atoms with Gasteiger partial charge in [-0.05, 0) is 25.5 Å². The number of benzene rings is 1. The Bertz CT molecular complexity index is 1420. The van der Waals surface area contributed by atoms with E-state index < -0.39 is 29.6 Å². The monoisotopic (exact) mass is 511 g/mol. The molecule has 11 nitrogen and oxygen atoms in total. The number of ether oxygens (including phenoxy) is 3. The number of alkyl halides is 3. The first kappa shape index (κ1) is 25.2. The number of fused-ring (bicyclic) bond motifs is 1. The zero-order valence-electron chi connectivity index (χ0n) is 19.7. The minimum atomic E-state index is -4.89. The van der Waals surface area contributed by atoms with Crippen molar-refractivity contribution in [1.82, 2.24) is 23.6 Å². The number of allylic oxidation sites excluding steroid dienone is 1. The largest absolute Gasteiger partial charge is 0.573 e. The first-order valence-corrected chi connectivity index (χ1v) is 10.9. The minimum Gasteiger partial charge on any atom is -0.472 e. The number of halogens is 3. The summed E-state index contributed by atoms with van der Waals surface area (Å²) in [7, 11) is 3.20. The molecule has 0 saturated heterocycles. The SMILES string of the molecule is CC1=CN(C)C(Cn2c(Oc3cccc(OC(F)(F)F)c3)nc3c2c(=O)n(CCCO)c(=O)n3C)O1. The van der Waals surface area contributed by atoms with Gasteiger partial charge in [-0.25, -0.2) is 4.79 Å². The zero-order chi connectivity index (χ0) is 26.2. The van der Waals surface area contributed by atoms with Crippen LogP contribution in [0.15, 0.2) is 45.8 Å². The van der Waals surface area contributed by atoms with Crippen LogP contribution in [0.3, 0.4) is 0 Å². The molecule has 0 fully saturated rings. The number of imidazole rings is 1. The van der Waals surface area contributed by atoms with E-state index in [1.165, 1.54) is 28.3 Å². The van der Waals surface area contributed by atoms with Crippen molar-refractivity contribution in [2.45, 2.75) is 39.0 Å². The Morgan fingerprint density at radius 1 is 1.17 bits per heavy atom. The highest BCUT2D eigenvalue weighted by Gasteiger charge is 2.31. The highest BCUT2D eigenvalue weighted by molar-refractivity contribution is 5.72. The molecule has 0 amide bonds. The average molecular weight is 511 g/mol. The molecule has 1 N–H and O–H groups in total. The number of aryl methyl sites for hydroxylation is 1. The highest BCUT2D eigenvalue weighted by atomic mass is 19.4. The van der Waals surface area contributed by atoms with Gasteiger partial charge in [0.15, 0.2) is 17.4 Å². The molecule has 1 aliphatic rings. The van der Waals surface area contributed by atoms with Crippen molar-refractivity contribution in [2.75, 3.05) is 13.7 Å². The second-order valence-electron chi connectivity index (χ2n) is 8.16. The van der Waals surface area contributed by atoms with E-state index in [9.17, 15) is 27.9 Å². The van der Waals surface area contributed by atoms with Crippen molar-refractivity contribution < 1.29 is 32.5 Å². The lowest BCUT2D eigenvalue weighted by Gasteiger charge is -2.21. The van der Waals surface area contributed by atoms with E-state index in [4.69, 9.17) is 9.47 Å². The van der Waals surface area contributed by atoms with Crippen LogP contribution in [0.4, 0.5) is 13.2 Å². The maximum absolute atomic E-state index is 13.4. The number of aliphatic hydroxyl groups is 1. The van der Waals surface area contributed by atoms with Gasteiger partial charge >= 0.3 is 18.1 Å². The summed E-state index contributed by atoms with van der Waals surface area (Å²) in [5.74, 6) is 0.105. The van der Waals surface area contributed by atoms with Crippen molar-refractivity contribution >= 4 is 11.2 Å². The molecule has 14 heteroatoms. The third-order valence-corrected chi connectivity index (χ3v) is 5.49. The molecule has 1 atom stereocenters. The summed E-state index contributed by atoms with van der Waals surface area (Å²) in [5, 5.41) is 9.18. The summed E-state index contributed by atoms with van der Waals surface area (Å²) < 4.78 is 57.1. The van der Waals surface area contributed by atoms with E-state index in [-0.39, 0.29) is 49.0 Å². The normalized spacial score (nSPS) is 15.8. The Hall–Kier alpha value is -3.94. The molecule has 1 aliphatic heterocycles. The third kappa shape index (κ3) is 5.03. The second-order valence-corrected chi connectivity index (χ2v) is 8.16. The second kappa shape index (κ2) is 9.60. The molecular formula is C22H24F3N5O6. The quantitative estimate of drug-likeness (QED) is 0.490. The van der Waals surface area contributed by atoms with Gasteiger partial charge in [0.1, 0.15) is 17.3 Å². The Balaban J connectivity index is 1.84. The number of aromatic nitrogens is 4. The van der Waals surface area contributed by atoms with Crippen LogP contribution in [0, 0.1) is 0 Å². The minimum absolute atomic E-state index is 0.0172. The number of rotatable bonds is 8. The Kier molecular flexibility index (Phi) is 6.71. The van der Waals surface area contributed by atoms with Gasteiger partial charge in [0.2, 0.25) is 0 Å². The van der Waals surface area contributed by atoms with E-state index >= 15 is 0 Å². The van der Waals surface area contributed by atoms with Gasteiger partial charge in [0.05, 0.1) is 6.54 Å². The van der Waals surface area contributed by atoms with Crippen molar-refractivity contribution in [1.29, 1.82) is 0 Å². The van der Waals surface area contributed by atoms with Gasteiger partial charge in [-0.15, -0.1) is 13.2 Å². The van der Waals surface area contributed by atoms with Gasteiger partial charge < -0.3 is 24.2 Å². The first-order chi connectivity index (χ1) is 17.0. The predicted molar refractivity (Wildman–Crippen MR) is 121 cm³/mol. The van der Waals surface area contributed by atoms with Crippen LogP contribution in [0.1, 0.15) is 13.3 Å². The smallest absolute Gasteiger partial charge is 0.472 e. The van der Waals surface area contributed by atoms with E-state index in [0.29, 0.717) is 5.76 Å². The molecule has 0 radical (unpaired) electrons. The summed E-state index contributed by atoms with van der Waals surface area (Å²) in [5.41, 5.74) is -1.23. The number of likely N-dealkylation sites (N-methyl/N-ethyl adjacent to an activating group) is 1. The molecule has 0 bridgehead atoms. The summed E-state index contributed by atoms with van der Waals surface area (Å²) >= 11 is 0. The van der Waals surface area contributed by atoms with Crippen LogP contribution in [0.5, 0.6) is 17.5 Å². The summed E-state index contributed by atoms with van der Waals surface area (Å²) in [4.78, 5) is 32.3. The Morgan fingerprint density at radius 2 is 1.89 bits per heavy atom. The van der Waals surface area contributed by atoms with E-state index in [2.05, 4.69) is 9.72 Å². The lowest BCUT2D eigenvalue weighted by atomic mass is 10.3. The number of aliphatic hydroxyl groups excluding tert-OH is 1. The third-order valence-electron chi connectivity index (χ3n) is 5.49. The fourth-order valence-electron chi connectivity index (χ4n) is 3.89. The fraction of sp³-hybridized carbons (Fsp3) is 0.409. The van der Waals surface area contributed by atoms with Crippen LogP contribution in [0.2, 0.25) is 0 Å². The lowest BCUT2D eigenvalue weighted by molar-refractivity contribution is -0.274. The topological polar surface area (TPSA) is 113 Å². The van der Waals surface area contributed by atoms with Crippen LogP contribution < -0.4 is 20.7 Å². The molecule has 1 unspecified atom stereocenters. The van der Waals surface area contributed by atoms with Crippen molar-refractivity contribution in [3.05, 3.63) is 57.1 Å². The van der Waals surface area contributed by atoms with E-state index in [1.807, 2.05) is 0 Å². The Labute approximate surface area is 202 Å². The highest BCUT2D eigenvalue weighted by Crippen LogP contribution is 2.30. The first-order valence-electron chi connectivity index (χ1n) is 10.9. The van der Waals surface area contributed by atoms with Gasteiger partial charge in [0.25, 0.3) is 5.56 Å². The van der Waals surface area contributed by atoms with Crippen molar-refractivity contribution in [3.8, 4) is 17.5 Å². The van der Waals surface area contributed by atoms with Gasteiger partial charge in [-0.2, -0.15) is 4.98 Å². The zero-order valence-corrected chi connectivity index (χ0v) is 19.7. The lowest BCUT2D eigenvalue weighted by Crippen LogP contribution is -2.40. The molecule has 0 saturated carbocycles. The standard InChI is InChI=1S/C22H24F3N5O6/c1-13-11-27(2)16(34-13)12-30-17-18(28(3)21(33)29(19(17)32)8-5-9-31)26-20(30)35-14-6-4-7-15(10-14)36-22(23,24)25/h4,6-7,10-11,16,31H,5,8-9,12H2,1-3H3. The molecule has 36 heavy (non-hydrogen) atoms. The maximum atomic E-state index is 13.4. The molecule has 0 spiro atoms. The van der Waals surface area contributed by atoms with Crippen LogP contribution in [-0.2, 0) is 24.9 Å². The van der Waals surface area contributed by atoms with Crippen LogP contribution in [-0.4, -0.2) is 54.9 Å². The molecular weight excluding hydrogens is 487 g/mol. The predicted octanol–water partition coefficient (Wildman–Crippen LogP) is 2.12. The fourth-order valence-corrected chi connectivity index (χ4v) is 3.89. The molecule has 3 aromatic rings. The van der Waals surface area contributed by atoms with Crippen molar-refractivity contribution in [3.63, 3.8) is 0 Å². The number of hydrogen-bond acceptors (Lipinski definition) is 8. The molecule has 194 valence electrons. The Morgan fingerprint density at radius 3 is 2.53 bits per heavy atom. The number of hydrogen-bond donors (Lipinski definition) is 1. The molecule has 3 heterocycles. The summed E-state index contributed by atoms with van der Waals surface area (Å²) in [6.07, 6.45) is -3.50. The summed E-state index contributed by atoms with van der Waals surface area (Å²) in [6, 6.07) is 4.71.